The third kappa shape index (κ3) is 5.39. The molecule has 2 N–H and O–H groups in total. The van der Waals surface area contributed by atoms with E-state index >= 15 is 0 Å². The molecule has 152 valence electrons. The van der Waals surface area contributed by atoms with Gasteiger partial charge in [0.2, 0.25) is 0 Å². The van der Waals surface area contributed by atoms with Crippen LogP contribution in [0.4, 0.5) is 0 Å². The normalized spacial score (nSPS) is 10.9. The van der Waals surface area contributed by atoms with Gasteiger partial charge in [0.15, 0.2) is 0 Å². The number of phenols is 2. The van der Waals surface area contributed by atoms with Crippen molar-refractivity contribution in [2.75, 3.05) is 0 Å². The van der Waals surface area contributed by atoms with Crippen molar-refractivity contribution in [1.29, 1.82) is 0 Å². The van der Waals surface area contributed by atoms with E-state index in [0.29, 0.717) is 11.1 Å². The summed E-state index contributed by atoms with van der Waals surface area (Å²) in [6.07, 6.45) is 3.96. The van der Waals surface area contributed by atoms with Crippen LogP contribution in [0.25, 0.3) is 34.1 Å². The van der Waals surface area contributed by atoms with Crippen molar-refractivity contribution in [3.63, 3.8) is 0 Å². The maximum absolute atomic E-state index is 10.4. The van der Waals surface area contributed by atoms with E-state index in [0.717, 1.165) is 21.2 Å². The lowest BCUT2D eigenvalue weighted by molar-refractivity contribution is 0.469. The van der Waals surface area contributed by atoms with Gasteiger partial charge in [-0.15, -0.1) is 0 Å². The van der Waals surface area contributed by atoms with Crippen LogP contribution in [0.2, 0.25) is 0 Å². The molecule has 0 aliphatic rings. The lowest BCUT2D eigenvalue weighted by atomic mass is 9.94. The van der Waals surface area contributed by atoms with Crippen molar-refractivity contribution in [2.24, 2.45) is 0 Å². The molecule has 0 unspecified atom stereocenters. The van der Waals surface area contributed by atoms with Gasteiger partial charge < -0.3 is 10.2 Å². The van der Waals surface area contributed by atoms with Crippen LogP contribution < -0.4 is 10.4 Å². The molecular formula is C26H36O2. The first-order chi connectivity index (χ1) is 13.7. The van der Waals surface area contributed by atoms with Gasteiger partial charge in [0, 0.05) is 11.1 Å². The van der Waals surface area contributed by atoms with Crippen LogP contribution in [-0.4, -0.2) is 10.2 Å². The Hall–Kier alpha value is -2.74. The van der Waals surface area contributed by atoms with Gasteiger partial charge in [-0.05, 0) is 47.2 Å². The van der Waals surface area contributed by atoms with Gasteiger partial charge in [-0.1, -0.05) is 90.1 Å². The van der Waals surface area contributed by atoms with E-state index in [1.165, 1.54) is 0 Å². The van der Waals surface area contributed by atoms with E-state index in [9.17, 15) is 10.2 Å². The number of rotatable bonds is 1. The lowest BCUT2D eigenvalue weighted by Gasteiger charge is -2.12. The Morgan fingerprint density at radius 2 is 1.14 bits per heavy atom. The molecule has 0 aromatic heterocycles. The molecule has 0 heterocycles. The molecule has 0 atom stereocenters. The van der Waals surface area contributed by atoms with Crippen LogP contribution in [-0.2, 0) is 0 Å². The molecule has 3 rings (SSSR count). The van der Waals surface area contributed by atoms with E-state index < -0.39 is 0 Å². The molecule has 0 spiro atoms. The first kappa shape index (κ1) is 25.3. The number of hydrogen-bond donors (Lipinski definition) is 2. The first-order valence-electron chi connectivity index (χ1n) is 10.3. The van der Waals surface area contributed by atoms with Crippen LogP contribution >= 0.6 is 0 Å². The Kier molecular flexibility index (Phi) is 12.1. The van der Waals surface area contributed by atoms with Crippen molar-refractivity contribution < 1.29 is 10.2 Å². The molecule has 0 fully saturated rings. The average molecular weight is 381 g/mol. The monoisotopic (exact) mass is 380 g/mol. The number of phenolic OH excluding ortho intramolecular Hbond substituents is 2. The van der Waals surface area contributed by atoms with E-state index in [4.69, 9.17) is 0 Å². The molecule has 3 aromatic rings. The summed E-state index contributed by atoms with van der Waals surface area (Å²) in [5.41, 5.74) is 1.35. The third-order valence-corrected chi connectivity index (χ3v) is 4.01. The standard InChI is InChI=1S/C20H18O2.3C2H6/c1-3-13-9-11-17(21)19(15(13)4-2)20-16-8-6-5-7-14(16)10-12-18(20)22;3*1-2/h3-12,21-22H,1-2H3;3*1-2H3/b13-3-,15-4+;;;. The quantitative estimate of drug-likeness (QED) is 0.499. The predicted octanol–water partition coefficient (Wildman–Crippen LogP) is 6.60. The molecule has 0 radical (unpaired) electrons. The maximum Gasteiger partial charge on any atom is 0.124 e. The zero-order valence-electron chi connectivity index (χ0n) is 18.7. The molecule has 2 nitrogen and oxygen atoms in total. The van der Waals surface area contributed by atoms with Crippen molar-refractivity contribution >= 4 is 22.9 Å². The van der Waals surface area contributed by atoms with Crippen LogP contribution in [0.1, 0.15) is 55.4 Å². The van der Waals surface area contributed by atoms with Crippen LogP contribution in [0.15, 0.2) is 48.5 Å². The van der Waals surface area contributed by atoms with E-state index in [-0.39, 0.29) is 11.5 Å². The number of benzene rings is 3. The highest BCUT2D eigenvalue weighted by Gasteiger charge is 2.14. The summed E-state index contributed by atoms with van der Waals surface area (Å²) >= 11 is 0. The van der Waals surface area contributed by atoms with E-state index in [2.05, 4.69) is 0 Å². The minimum absolute atomic E-state index is 0.172. The second kappa shape index (κ2) is 13.4. The fourth-order valence-electron chi connectivity index (χ4n) is 2.97. The summed E-state index contributed by atoms with van der Waals surface area (Å²) in [5.74, 6) is 0.343. The first-order valence-corrected chi connectivity index (χ1v) is 10.3. The largest absolute Gasteiger partial charge is 0.507 e. The molecule has 0 bridgehead atoms. The SMILES string of the molecule is C/C=c1/ccc(O)c(-c2c(O)ccc3ccccc23)/c1=C/C.CC.CC.CC. The fraction of sp³-hybridized carbons (Fsp3) is 0.308. The highest BCUT2D eigenvalue weighted by molar-refractivity contribution is 6.01. The highest BCUT2D eigenvalue weighted by Crippen LogP contribution is 2.38. The van der Waals surface area contributed by atoms with Crippen molar-refractivity contribution in [1.82, 2.24) is 0 Å². The van der Waals surface area contributed by atoms with Crippen molar-refractivity contribution in [3.8, 4) is 22.6 Å². The average Bonchev–Trinajstić information content (AvgIpc) is 2.78. The molecule has 0 saturated heterocycles. The smallest absolute Gasteiger partial charge is 0.124 e. The number of fused-ring (bicyclic) bond motifs is 1. The summed E-state index contributed by atoms with van der Waals surface area (Å²) in [7, 11) is 0. The van der Waals surface area contributed by atoms with Crippen LogP contribution in [0.3, 0.4) is 0 Å². The Bertz CT molecular complexity index is 970. The second-order valence-corrected chi connectivity index (χ2v) is 5.22. The topological polar surface area (TPSA) is 40.5 Å². The summed E-state index contributed by atoms with van der Waals surface area (Å²) in [4.78, 5) is 0. The summed E-state index contributed by atoms with van der Waals surface area (Å²) in [6, 6.07) is 15.0. The van der Waals surface area contributed by atoms with E-state index in [1.54, 1.807) is 12.1 Å². The second-order valence-electron chi connectivity index (χ2n) is 5.22. The summed E-state index contributed by atoms with van der Waals surface area (Å²) in [5, 5.41) is 24.8. The van der Waals surface area contributed by atoms with Crippen LogP contribution in [0.5, 0.6) is 11.5 Å². The van der Waals surface area contributed by atoms with Gasteiger partial charge in [0.05, 0.1) is 0 Å². The Balaban J connectivity index is 0.00000111. The summed E-state index contributed by atoms with van der Waals surface area (Å²) < 4.78 is 0. The van der Waals surface area contributed by atoms with Crippen molar-refractivity contribution in [3.05, 3.63) is 59.0 Å². The molecule has 0 saturated carbocycles. The zero-order chi connectivity index (χ0) is 21.7. The minimum atomic E-state index is 0.172. The van der Waals surface area contributed by atoms with Gasteiger partial charge in [-0.3, -0.25) is 0 Å². The van der Waals surface area contributed by atoms with Gasteiger partial charge >= 0.3 is 0 Å². The highest BCUT2D eigenvalue weighted by atomic mass is 16.3. The molecule has 2 heteroatoms. The van der Waals surface area contributed by atoms with Crippen molar-refractivity contribution in [2.45, 2.75) is 55.4 Å². The molecule has 0 amide bonds. The number of hydrogen-bond acceptors (Lipinski definition) is 2. The van der Waals surface area contributed by atoms with Gasteiger partial charge in [-0.2, -0.15) is 0 Å². The fourth-order valence-corrected chi connectivity index (χ4v) is 2.97. The number of aromatic hydroxyl groups is 2. The van der Waals surface area contributed by atoms with Crippen LogP contribution in [0, 0.1) is 0 Å². The molecular weight excluding hydrogens is 344 g/mol. The Morgan fingerprint density at radius 1 is 0.607 bits per heavy atom. The Morgan fingerprint density at radius 3 is 1.71 bits per heavy atom. The Labute approximate surface area is 170 Å². The minimum Gasteiger partial charge on any atom is -0.507 e. The molecule has 28 heavy (non-hydrogen) atoms. The van der Waals surface area contributed by atoms with E-state index in [1.807, 2.05) is 104 Å². The predicted molar refractivity (Wildman–Crippen MR) is 126 cm³/mol. The van der Waals surface area contributed by atoms with Gasteiger partial charge in [0.25, 0.3) is 0 Å². The lowest BCUT2D eigenvalue weighted by Crippen LogP contribution is -2.26. The summed E-state index contributed by atoms with van der Waals surface area (Å²) in [6.45, 7) is 15.9. The molecule has 0 aliphatic carbocycles. The van der Waals surface area contributed by atoms with Gasteiger partial charge in [0.1, 0.15) is 11.5 Å². The third-order valence-electron chi connectivity index (χ3n) is 4.01. The maximum atomic E-state index is 10.4. The zero-order valence-corrected chi connectivity index (χ0v) is 18.7. The molecule has 3 aromatic carbocycles. The van der Waals surface area contributed by atoms with Gasteiger partial charge in [-0.25, -0.2) is 0 Å². The molecule has 0 aliphatic heterocycles.